The van der Waals surface area contributed by atoms with E-state index in [-0.39, 0.29) is 6.54 Å². The first-order valence-corrected chi connectivity index (χ1v) is 4.53. The second kappa shape index (κ2) is 7.93. The van der Waals surface area contributed by atoms with Crippen LogP contribution in [-0.2, 0) is 17.9 Å². The standard InChI is InChI=1S/C8H12N2.C2H5NO2/c9-5-7-1-2-8(6-10)4-3-7;3-1-2(4)5/h1-4H,5-6,9-10H2;1,3H2,(H,4,5). The van der Waals surface area contributed by atoms with Gasteiger partial charge in [0.1, 0.15) is 0 Å². The Hall–Kier alpha value is -1.43. The smallest absolute Gasteiger partial charge is 0.317 e. The van der Waals surface area contributed by atoms with Crippen LogP contribution in [0.2, 0.25) is 0 Å². The Bertz CT molecular complexity index is 262. The average molecular weight is 211 g/mol. The molecule has 0 saturated heterocycles. The van der Waals surface area contributed by atoms with Gasteiger partial charge < -0.3 is 22.3 Å². The van der Waals surface area contributed by atoms with Crippen molar-refractivity contribution in [2.24, 2.45) is 17.2 Å². The van der Waals surface area contributed by atoms with E-state index in [1.165, 1.54) is 0 Å². The van der Waals surface area contributed by atoms with Crippen LogP contribution in [0, 0.1) is 0 Å². The summed E-state index contributed by atoms with van der Waals surface area (Å²) in [7, 11) is 0. The number of nitrogens with two attached hydrogens (primary N) is 3. The van der Waals surface area contributed by atoms with E-state index in [0.29, 0.717) is 13.1 Å². The minimum Gasteiger partial charge on any atom is -0.480 e. The maximum absolute atomic E-state index is 9.24. The highest BCUT2D eigenvalue weighted by atomic mass is 16.4. The molecular weight excluding hydrogens is 194 g/mol. The number of hydrogen-bond acceptors (Lipinski definition) is 4. The zero-order valence-electron chi connectivity index (χ0n) is 8.52. The maximum atomic E-state index is 9.24. The molecular formula is C10H17N3O2. The van der Waals surface area contributed by atoms with E-state index in [4.69, 9.17) is 16.6 Å². The second-order valence-electron chi connectivity index (χ2n) is 2.82. The Balaban J connectivity index is 0.000000336. The van der Waals surface area contributed by atoms with E-state index >= 15 is 0 Å². The molecule has 0 heterocycles. The normalized spacial score (nSPS) is 9.00. The zero-order chi connectivity index (χ0) is 11.7. The molecule has 0 spiro atoms. The molecule has 0 amide bonds. The minimum absolute atomic E-state index is 0.278. The summed E-state index contributed by atoms with van der Waals surface area (Å²) in [5.74, 6) is -0.968. The molecule has 0 aliphatic heterocycles. The van der Waals surface area contributed by atoms with Crippen LogP contribution in [-0.4, -0.2) is 17.6 Å². The number of hydrogen-bond donors (Lipinski definition) is 4. The first-order chi connectivity index (χ1) is 7.13. The van der Waals surface area contributed by atoms with Crippen LogP contribution in [0.3, 0.4) is 0 Å². The molecule has 0 fully saturated rings. The summed E-state index contributed by atoms with van der Waals surface area (Å²) in [6.45, 7) is 0.926. The lowest BCUT2D eigenvalue weighted by Crippen LogP contribution is -2.10. The van der Waals surface area contributed by atoms with E-state index < -0.39 is 5.97 Å². The number of aliphatic carboxylic acids is 1. The van der Waals surface area contributed by atoms with E-state index in [2.05, 4.69) is 5.73 Å². The fourth-order valence-corrected chi connectivity index (χ4v) is 0.811. The Morgan fingerprint density at radius 3 is 1.40 bits per heavy atom. The van der Waals surface area contributed by atoms with Gasteiger partial charge in [-0.15, -0.1) is 0 Å². The van der Waals surface area contributed by atoms with Gasteiger partial charge in [0.2, 0.25) is 0 Å². The van der Waals surface area contributed by atoms with E-state index in [1.54, 1.807) is 0 Å². The summed E-state index contributed by atoms with van der Waals surface area (Å²) in [6, 6.07) is 8.01. The fraction of sp³-hybridized carbons (Fsp3) is 0.300. The molecule has 1 aromatic carbocycles. The molecule has 0 aromatic heterocycles. The van der Waals surface area contributed by atoms with Gasteiger partial charge in [-0.1, -0.05) is 24.3 Å². The van der Waals surface area contributed by atoms with Crippen LogP contribution in [0.25, 0.3) is 0 Å². The zero-order valence-corrected chi connectivity index (χ0v) is 8.52. The number of carboxylic acid groups (broad SMARTS) is 1. The topological polar surface area (TPSA) is 115 Å². The summed E-state index contributed by atoms with van der Waals surface area (Å²) < 4.78 is 0. The van der Waals surface area contributed by atoms with Crippen molar-refractivity contribution in [1.29, 1.82) is 0 Å². The Morgan fingerprint density at radius 2 is 1.27 bits per heavy atom. The second-order valence-corrected chi connectivity index (χ2v) is 2.82. The quantitative estimate of drug-likeness (QED) is 0.544. The van der Waals surface area contributed by atoms with Crippen molar-refractivity contribution in [1.82, 2.24) is 0 Å². The first-order valence-electron chi connectivity index (χ1n) is 4.53. The molecule has 0 saturated carbocycles. The van der Waals surface area contributed by atoms with Gasteiger partial charge in [0.15, 0.2) is 0 Å². The van der Waals surface area contributed by atoms with Gasteiger partial charge in [0.25, 0.3) is 0 Å². The van der Waals surface area contributed by atoms with Crippen LogP contribution >= 0.6 is 0 Å². The molecule has 1 rings (SSSR count). The highest BCUT2D eigenvalue weighted by Crippen LogP contribution is 2.01. The van der Waals surface area contributed by atoms with Crippen molar-refractivity contribution in [2.45, 2.75) is 13.1 Å². The molecule has 15 heavy (non-hydrogen) atoms. The SMILES string of the molecule is NCC(=O)O.NCc1ccc(CN)cc1. The highest BCUT2D eigenvalue weighted by Gasteiger charge is 1.88. The minimum atomic E-state index is -0.968. The lowest BCUT2D eigenvalue weighted by molar-refractivity contribution is -0.135. The summed E-state index contributed by atoms with van der Waals surface area (Å²) in [4.78, 5) is 9.24. The summed E-state index contributed by atoms with van der Waals surface area (Å²) in [6.07, 6.45) is 0. The molecule has 1 aromatic rings. The molecule has 5 nitrogen and oxygen atoms in total. The first kappa shape index (κ1) is 13.6. The Kier molecular flexibility index (Phi) is 7.17. The van der Waals surface area contributed by atoms with Crippen LogP contribution in [0.5, 0.6) is 0 Å². The maximum Gasteiger partial charge on any atom is 0.317 e. The van der Waals surface area contributed by atoms with E-state index in [1.807, 2.05) is 24.3 Å². The third-order valence-electron chi connectivity index (χ3n) is 1.67. The fourth-order valence-electron chi connectivity index (χ4n) is 0.811. The van der Waals surface area contributed by atoms with Gasteiger partial charge >= 0.3 is 5.97 Å². The van der Waals surface area contributed by atoms with Crippen LogP contribution in [0.4, 0.5) is 0 Å². The molecule has 0 unspecified atom stereocenters. The molecule has 0 radical (unpaired) electrons. The third kappa shape index (κ3) is 6.62. The molecule has 0 aliphatic rings. The lowest BCUT2D eigenvalue weighted by atomic mass is 10.1. The highest BCUT2D eigenvalue weighted by molar-refractivity contribution is 5.68. The van der Waals surface area contributed by atoms with Crippen LogP contribution < -0.4 is 17.2 Å². The number of benzene rings is 1. The van der Waals surface area contributed by atoms with Crippen molar-refractivity contribution < 1.29 is 9.90 Å². The van der Waals surface area contributed by atoms with E-state index in [9.17, 15) is 4.79 Å². The number of carboxylic acids is 1. The number of carbonyl (C=O) groups is 1. The number of rotatable bonds is 3. The Labute approximate surface area is 88.9 Å². The van der Waals surface area contributed by atoms with Crippen molar-refractivity contribution in [2.75, 3.05) is 6.54 Å². The van der Waals surface area contributed by atoms with E-state index in [0.717, 1.165) is 11.1 Å². The van der Waals surface area contributed by atoms with Crippen molar-refractivity contribution in [3.05, 3.63) is 35.4 Å². The van der Waals surface area contributed by atoms with Gasteiger partial charge in [-0.25, -0.2) is 0 Å². The van der Waals surface area contributed by atoms with Crippen LogP contribution in [0.15, 0.2) is 24.3 Å². The lowest BCUT2D eigenvalue weighted by Gasteiger charge is -1.97. The summed E-state index contributed by atoms with van der Waals surface area (Å²) in [5, 5.41) is 7.60. The predicted molar refractivity (Wildman–Crippen MR) is 58.9 cm³/mol. The van der Waals surface area contributed by atoms with Gasteiger partial charge in [0.05, 0.1) is 6.54 Å². The molecule has 5 heteroatoms. The van der Waals surface area contributed by atoms with Crippen LogP contribution in [0.1, 0.15) is 11.1 Å². The summed E-state index contributed by atoms with van der Waals surface area (Å²) in [5.41, 5.74) is 17.7. The van der Waals surface area contributed by atoms with Gasteiger partial charge in [-0.3, -0.25) is 4.79 Å². The largest absolute Gasteiger partial charge is 0.480 e. The molecule has 0 aliphatic carbocycles. The van der Waals surface area contributed by atoms with Gasteiger partial charge in [-0.2, -0.15) is 0 Å². The molecule has 0 atom stereocenters. The predicted octanol–water partition coefficient (Wildman–Crippen LogP) is -0.366. The van der Waals surface area contributed by atoms with Gasteiger partial charge in [0, 0.05) is 13.1 Å². The van der Waals surface area contributed by atoms with Gasteiger partial charge in [-0.05, 0) is 11.1 Å². The molecule has 84 valence electrons. The Morgan fingerprint density at radius 1 is 1.00 bits per heavy atom. The summed E-state index contributed by atoms with van der Waals surface area (Å²) >= 11 is 0. The third-order valence-corrected chi connectivity index (χ3v) is 1.67. The molecule has 7 N–H and O–H groups in total. The molecule has 0 bridgehead atoms. The van der Waals surface area contributed by atoms with Crippen molar-refractivity contribution >= 4 is 5.97 Å². The monoisotopic (exact) mass is 211 g/mol. The average Bonchev–Trinajstić information content (AvgIpc) is 2.30. The van der Waals surface area contributed by atoms with Crippen molar-refractivity contribution in [3.8, 4) is 0 Å². The van der Waals surface area contributed by atoms with Crippen molar-refractivity contribution in [3.63, 3.8) is 0 Å².